The standard InChI is InChI=1S/C14H17BrCl2OS/c15-10-6-12(17)13(7-11(10)16)18-8-14(9-19)4-2-1-3-5-14/h6-7,19H,1-5,8-9H2. The Bertz CT molecular complexity index is 447. The van der Waals surface area contributed by atoms with Gasteiger partial charge in [-0.25, -0.2) is 0 Å². The second-order valence-corrected chi connectivity index (χ2v) is 7.19. The Morgan fingerprint density at radius 2 is 1.84 bits per heavy atom. The van der Waals surface area contributed by atoms with Gasteiger partial charge in [0.15, 0.2) is 0 Å². The highest BCUT2D eigenvalue weighted by Gasteiger charge is 2.31. The molecular weight excluding hydrogens is 367 g/mol. The molecule has 0 bridgehead atoms. The topological polar surface area (TPSA) is 9.23 Å². The van der Waals surface area contributed by atoms with Crippen molar-refractivity contribution in [2.45, 2.75) is 32.1 Å². The molecule has 106 valence electrons. The minimum Gasteiger partial charge on any atom is -0.491 e. The van der Waals surface area contributed by atoms with Gasteiger partial charge in [-0.15, -0.1) is 0 Å². The average molecular weight is 384 g/mol. The van der Waals surface area contributed by atoms with Crippen LogP contribution in [0.5, 0.6) is 5.75 Å². The quantitative estimate of drug-likeness (QED) is 0.494. The number of thiol groups is 1. The fourth-order valence-corrected chi connectivity index (χ4v) is 3.75. The van der Waals surface area contributed by atoms with Crippen LogP contribution in [0.15, 0.2) is 16.6 Å². The summed E-state index contributed by atoms with van der Waals surface area (Å²) in [6.45, 7) is 0.661. The Kier molecular flexibility index (Phi) is 5.77. The third-order valence-electron chi connectivity index (χ3n) is 3.76. The van der Waals surface area contributed by atoms with Crippen molar-refractivity contribution >= 4 is 51.8 Å². The monoisotopic (exact) mass is 382 g/mol. The van der Waals surface area contributed by atoms with Gasteiger partial charge in [-0.3, -0.25) is 0 Å². The maximum absolute atomic E-state index is 6.18. The molecule has 1 fully saturated rings. The van der Waals surface area contributed by atoms with Crippen molar-refractivity contribution in [3.05, 3.63) is 26.7 Å². The maximum Gasteiger partial charge on any atom is 0.139 e. The van der Waals surface area contributed by atoms with Gasteiger partial charge in [0.25, 0.3) is 0 Å². The Morgan fingerprint density at radius 3 is 2.47 bits per heavy atom. The fourth-order valence-electron chi connectivity index (χ4n) is 2.50. The molecule has 1 aromatic carbocycles. The summed E-state index contributed by atoms with van der Waals surface area (Å²) in [6.07, 6.45) is 6.20. The second-order valence-electron chi connectivity index (χ2n) is 5.20. The lowest BCUT2D eigenvalue weighted by molar-refractivity contribution is 0.121. The van der Waals surface area contributed by atoms with E-state index in [2.05, 4.69) is 28.6 Å². The van der Waals surface area contributed by atoms with Crippen LogP contribution in [0.3, 0.4) is 0 Å². The predicted octanol–water partition coefficient (Wildman–Crippen LogP) is 6.02. The van der Waals surface area contributed by atoms with Crippen LogP contribution in [0.2, 0.25) is 10.0 Å². The van der Waals surface area contributed by atoms with Crippen LogP contribution in [0.4, 0.5) is 0 Å². The van der Waals surface area contributed by atoms with E-state index in [-0.39, 0.29) is 5.41 Å². The molecule has 0 N–H and O–H groups in total. The number of hydrogen-bond donors (Lipinski definition) is 1. The van der Waals surface area contributed by atoms with E-state index < -0.39 is 0 Å². The molecule has 0 unspecified atom stereocenters. The van der Waals surface area contributed by atoms with Gasteiger partial charge in [0.05, 0.1) is 16.7 Å². The summed E-state index contributed by atoms with van der Waals surface area (Å²) in [5.41, 5.74) is 0.185. The fraction of sp³-hybridized carbons (Fsp3) is 0.571. The zero-order valence-corrected chi connectivity index (χ0v) is 14.6. The van der Waals surface area contributed by atoms with E-state index in [1.807, 2.05) is 0 Å². The van der Waals surface area contributed by atoms with Gasteiger partial charge in [-0.1, -0.05) is 42.5 Å². The molecule has 0 saturated heterocycles. The van der Waals surface area contributed by atoms with E-state index in [0.29, 0.717) is 22.4 Å². The molecule has 0 spiro atoms. The summed E-state index contributed by atoms with van der Waals surface area (Å²) in [7, 11) is 0. The molecule has 5 heteroatoms. The molecule has 0 aromatic heterocycles. The highest BCUT2D eigenvalue weighted by atomic mass is 79.9. The molecule has 1 aliphatic carbocycles. The van der Waals surface area contributed by atoms with Gasteiger partial charge in [-0.2, -0.15) is 12.6 Å². The first-order valence-corrected chi connectivity index (χ1v) is 8.63. The first-order valence-electron chi connectivity index (χ1n) is 6.44. The first kappa shape index (κ1) is 15.8. The zero-order valence-electron chi connectivity index (χ0n) is 10.6. The van der Waals surface area contributed by atoms with E-state index in [1.165, 1.54) is 32.1 Å². The highest BCUT2D eigenvalue weighted by molar-refractivity contribution is 9.10. The van der Waals surface area contributed by atoms with E-state index in [4.69, 9.17) is 27.9 Å². The number of halogens is 3. The van der Waals surface area contributed by atoms with Crippen molar-refractivity contribution in [1.82, 2.24) is 0 Å². The zero-order chi connectivity index (χ0) is 13.9. The molecule has 0 aliphatic heterocycles. The summed E-state index contributed by atoms with van der Waals surface area (Å²) >= 11 is 20.1. The van der Waals surface area contributed by atoms with Crippen LogP contribution in [0, 0.1) is 5.41 Å². The Labute approximate surface area is 138 Å². The molecular formula is C14H17BrCl2OS. The second kappa shape index (κ2) is 6.93. The van der Waals surface area contributed by atoms with Crippen molar-refractivity contribution in [2.75, 3.05) is 12.4 Å². The van der Waals surface area contributed by atoms with Gasteiger partial charge in [0.2, 0.25) is 0 Å². The Balaban J connectivity index is 2.07. The van der Waals surface area contributed by atoms with Crippen LogP contribution in [0.25, 0.3) is 0 Å². The van der Waals surface area contributed by atoms with Crippen molar-refractivity contribution in [3.8, 4) is 5.75 Å². The average Bonchev–Trinajstić information content (AvgIpc) is 2.42. The predicted molar refractivity (Wildman–Crippen MR) is 89.0 cm³/mol. The molecule has 1 aliphatic rings. The summed E-state index contributed by atoms with van der Waals surface area (Å²) in [5, 5.41) is 1.20. The molecule has 1 aromatic rings. The summed E-state index contributed by atoms with van der Waals surface area (Å²) < 4.78 is 6.71. The van der Waals surface area contributed by atoms with E-state index in [9.17, 15) is 0 Å². The number of ether oxygens (including phenoxy) is 1. The van der Waals surface area contributed by atoms with Crippen molar-refractivity contribution in [1.29, 1.82) is 0 Å². The normalized spacial score (nSPS) is 18.3. The lowest BCUT2D eigenvalue weighted by Gasteiger charge is -2.35. The van der Waals surface area contributed by atoms with Gasteiger partial charge in [0, 0.05) is 16.0 Å². The van der Waals surface area contributed by atoms with E-state index in [0.717, 1.165) is 10.2 Å². The Morgan fingerprint density at radius 1 is 1.16 bits per heavy atom. The third kappa shape index (κ3) is 3.96. The van der Waals surface area contributed by atoms with Crippen LogP contribution in [-0.2, 0) is 0 Å². The molecule has 0 heterocycles. The number of benzene rings is 1. The SMILES string of the molecule is SCC1(COc2cc(Cl)c(Br)cc2Cl)CCCCC1. The van der Waals surface area contributed by atoms with Crippen molar-refractivity contribution in [2.24, 2.45) is 5.41 Å². The summed E-state index contributed by atoms with van der Waals surface area (Å²) in [6, 6.07) is 3.54. The molecule has 1 saturated carbocycles. The molecule has 0 radical (unpaired) electrons. The largest absolute Gasteiger partial charge is 0.491 e. The van der Waals surface area contributed by atoms with Gasteiger partial charge in [0.1, 0.15) is 5.75 Å². The minimum absolute atomic E-state index is 0.185. The van der Waals surface area contributed by atoms with Crippen LogP contribution < -0.4 is 4.74 Å². The number of hydrogen-bond acceptors (Lipinski definition) is 2. The summed E-state index contributed by atoms with van der Waals surface area (Å²) in [5.74, 6) is 1.51. The number of rotatable bonds is 4. The molecule has 19 heavy (non-hydrogen) atoms. The minimum atomic E-state index is 0.185. The van der Waals surface area contributed by atoms with E-state index >= 15 is 0 Å². The molecule has 2 rings (SSSR count). The molecule has 1 nitrogen and oxygen atoms in total. The first-order chi connectivity index (χ1) is 9.06. The lowest BCUT2D eigenvalue weighted by atomic mass is 9.76. The smallest absolute Gasteiger partial charge is 0.139 e. The molecule has 0 atom stereocenters. The van der Waals surface area contributed by atoms with Gasteiger partial charge < -0.3 is 4.74 Å². The van der Waals surface area contributed by atoms with E-state index in [1.54, 1.807) is 12.1 Å². The lowest BCUT2D eigenvalue weighted by Crippen LogP contribution is -2.33. The molecule has 0 amide bonds. The third-order valence-corrected chi connectivity index (χ3v) is 5.92. The van der Waals surface area contributed by atoms with Crippen LogP contribution >= 0.6 is 51.8 Å². The van der Waals surface area contributed by atoms with Crippen LogP contribution in [-0.4, -0.2) is 12.4 Å². The highest BCUT2D eigenvalue weighted by Crippen LogP contribution is 2.39. The van der Waals surface area contributed by atoms with Gasteiger partial charge >= 0.3 is 0 Å². The van der Waals surface area contributed by atoms with Crippen molar-refractivity contribution < 1.29 is 4.74 Å². The van der Waals surface area contributed by atoms with Crippen molar-refractivity contribution in [3.63, 3.8) is 0 Å². The summed E-state index contributed by atoms with van der Waals surface area (Å²) in [4.78, 5) is 0. The Hall–Kier alpha value is 0.430. The van der Waals surface area contributed by atoms with Gasteiger partial charge in [-0.05, 0) is 40.6 Å². The van der Waals surface area contributed by atoms with Crippen LogP contribution in [0.1, 0.15) is 32.1 Å². The maximum atomic E-state index is 6.18.